The molecular formula is C6H9BF3N2O2-. The van der Waals surface area contributed by atoms with Crippen LogP contribution in [0.25, 0.3) is 0 Å². The lowest BCUT2D eigenvalue weighted by Crippen LogP contribution is -2.44. The van der Waals surface area contributed by atoms with Crippen molar-refractivity contribution >= 4 is 18.9 Å². The molecule has 0 saturated carbocycles. The van der Waals surface area contributed by atoms with Crippen LogP contribution in [0, 0.1) is 0 Å². The molecule has 1 saturated heterocycles. The van der Waals surface area contributed by atoms with Crippen LogP contribution >= 0.6 is 0 Å². The van der Waals surface area contributed by atoms with Crippen LogP contribution in [0.4, 0.5) is 17.7 Å². The molecule has 14 heavy (non-hydrogen) atoms. The molecule has 1 N–H and O–H groups in total. The first kappa shape index (κ1) is 10.9. The van der Waals surface area contributed by atoms with E-state index in [1.165, 1.54) is 13.8 Å². The Balaban J connectivity index is 2.82. The van der Waals surface area contributed by atoms with Gasteiger partial charge in [-0.15, -0.1) is 0 Å². The van der Waals surface area contributed by atoms with Crippen LogP contribution < -0.4 is 5.32 Å². The second-order valence-electron chi connectivity index (χ2n) is 3.68. The van der Waals surface area contributed by atoms with Crippen molar-refractivity contribution in [2.75, 3.05) is 6.44 Å². The number of hydrogen-bond donors (Lipinski definition) is 1. The highest BCUT2D eigenvalue weighted by molar-refractivity contribution is 6.59. The van der Waals surface area contributed by atoms with Gasteiger partial charge in [-0.2, -0.15) is 0 Å². The number of carbonyl (C=O) groups is 2. The van der Waals surface area contributed by atoms with Gasteiger partial charge in [-0.25, -0.2) is 4.79 Å². The van der Waals surface area contributed by atoms with E-state index < -0.39 is 30.9 Å². The SMILES string of the molecule is CC1(C)NC(=O)N(C[B-](F)(F)F)C1=O. The number of nitrogens with one attached hydrogen (secondary N) is 1. The highest BCUT2D eigenvalue weighted by Gasteiger charge is 2.46. The summed E-state index contributed by atoms with van der Waals surface area (Å²) in [5.74, 6) is -0.846. The summed E-state index contributed by atoms with van der Waals surface area (Å²) in [5, 5.41) is 2.16. The highest BCUT2D eigenvalue weighted by Crippen LogP contribution is 2.20. The predicted octanol–water partition coefficient (Wildman–Crippen LogP) is 0.703. The molecule has 0 spiro atoms. The maximum Gasteiger partial charge on any atom is 0.497 e. The Morgan fingerprint density at radius 3 is 2.14 bits per heavy atom. The topological polar surface area (TPSA) is 49.4 Å². The van der Waals surface area contributed by atoms with E-state index in [1.807, 2.05) is 0 Å². The van der Waals surface area contributed by atoms with Crippen LogP contribution in [0.15, 0.2) is 0 Å². The van der Waals surface area contributed by atoms with E-state index in [9.17, 15) is 22.5 Å². The number of rotatable bonds is 2. The summed E-state index contributed by atoms with van der Waals surface area (Å²) in [6.45, 7) is -2.46. The smallest absolute Gasteiger partial charge is 0.448 e. The lowest BCUT2D eigenvalue weighted by Gasteiger charge is -2.21. The van der Waals surface area contributed by atoms with E-state index >= 15 is 0 Å². The van der Waals surface area contributed by atoms with E-state index in [0.717, 1.165) is 0 Å². The monoisotopic (exact) mass is 209 g/mol. The first-order chi connectivity index (χ1) is 6.13. The molecule has 0 bridgehead atoms. The van der Waals surface area contributed by atoms with Gasteiger partial charge in [-0.1, -0.05) is 0 Å². The fraction of sp³-hybridized carbons (Fsp3) is 0.667. The first-order valence-corrected chi connectivity index (χ1v) is 3.98. The minimum Gasteiger partial charge on any atom is -0.448 e. The van der Waals surface area contributed by atoms with Crippen LogP contribution in [0.5, 0.6) is 0 Å². The molecule has 1 aliphatic heterocycles. The van der Waals surface area contributed by atoms with Crippen LogP contribution in [0.2, 0.25) is 0 Å². The number of carbonyl (C=O) groups excluding carboxylic acids is 2. The Hall–Kier alpha value is -1.21. The third kappa shape index (κ3) is 1.99. The normalized spacial score (nSPS) is 21.4. The van der Waals surface area contributed by atoms with Gasteiger partial charge in [0.25, 0.3) is 5.91 Å². The molecule has 8 heteroatoms. The van der Waals surface area contributed by atoms with E-state index in [-0.39, 0.29) is 4.90 Å². The molecule has 0 aliphatic carbocycles. The van der Waals surface area contributed by atoms with E-state index in [4.69, 9.17) is 0 Å². The third-order valence-corrected chi connectivity index (χ3v) is 1.83. The number of amides is 3. The van der Waals surface area contributed by atoms with Gasteiger partial charge in [0, 0.05) is 6.44 Å². The Morgan fingerprint density at radius 1 is 1.36 bits per heavy atom. The highest BCUT2D eigenvalue weighted by atomic mass is 19.4. The second-order valence-corrected chi connectivity index (χ2v) is 3.68. The van der Waals surface area contributed by atoms with Crippen molar-refractivity contribution in [1.29, 1.82) is 0 Å². The minimum absolute atomic E-state index is 0.194. The summed E-state index contributed by atoms with van der Waals surface area (Å²) in [5.41, 5.74) is -1.24. The molecule has 0 unspecified atom stereocenters. The fourth-order valence-electron chi connectivity index (χ4n) is 1.19. The molecular weight excluding hydrogens is 200 g/mol. The Kier molecular flexibility index (Phi) is 2.25. The van der Waals surface area contributed by atoms with E-state index in [2.05, 4.69) is 5.32 Å². The first-order valence-electron chi connectivity index (χ1n) is 3.98. The van der Waals surface area contributed by atoms with Gasteiger partial charge < -0.3 is 18.3 Å². The predicted molar refractivity (Wildman–Crippen MR) is 43.4 cm³/mol. The maximum atomic E-state index is 12.0. The van der Waals surface area contributed by atoms with Crippen molar-refractivity contribution in [1.82, 2.24) is 10.2 Å². The van der Waals surface area contributed by atoms with Crippen LogP contribution in [-0.2, 0) is 4.79 Å². The van der Waals surface area contributed by atoms with Gasteiger partial charge >= 0.3 is 13.0 Å². The average molecular weight is 209 g/mol. The molecule has 0 aromatic carbocycles. The second kappa shape index (κ2) is 2.89. The summed E-state index contributed by atoms with van der Waals surface area (Å²) in [6.07, 6.45) is -1.48. The zero-order chi connectivity index (χ0) is 11.1. The Morgan fingerprint density at radius 2 is 1.86 bits per heavy atom. The number of urea groups is 1. The third-order valence-electron chi connectivity index (χ3n) is 1.83. The number of nitrogens with zero attached hydrogens (tertiary/aromatic N) is 1. The molecule has 1 aliphatic rings. The van der Waals surface area contributed by atoms with Gasteiger partial charge in [0.15, 0.2) is 0 Å². The molecule has 3 amide bonds. The standard InChI is InChI=1S/C6H9BF3N2O2/c1-6(2)4(13)12(5(14)11-6)3-7(8,9)10/h3H2,1-2H3,(H,11,14)/q-1. The van der Waals surface area contributed by atoms with Crippen molar-refractivity contribution in [2.45, 2.75) is 19.4 Å². The quantitative estimate of drug-likeness (QED) is 0.537. The lowest BCUT2D eigenvalue weighted by molar-refractivity contribution is -0.129. The molecule has 0 aromatic rings. The van der Waals surface area contributed by atoms with Crippen LogP contribution in [-0.4, -0.2) is 35.8 Å². The van der Waals surface area contributed by atoms with Gasteiger partial charge in [-0.3, -0.25) is 9.69 Å². The van der Waals surface area contributed by atoms with E-state index in [1.54, 1.807) is 0 Å². The Labute approximate surface area is 78.5 Å². The summed E-state index contributed by atoms with van der Waals surface area (Å²) in [6, 6.07) is -0.987. The van der Waals surface area contributed by atoms with E-state index in [0.29, 0.717) is 0 Å². The molecule has 0 atom stereocenters. The molecule has 80 valence electrons. The fourth-order valence-corrected chi connectivity index (χ4v) is 1.19. The lowest BCUT2D eigenvalue weighted by atomic mass is 9.91. The van der Waals surface area contributed by atoms with Crippen molar-refractivity contribution in [2.24, 2.45) is 0 Å². The van der Waals surface area contributed by atoms with Crippen molar-refractivity contribution in [3.05, 3.63) is 0 Å². The molecule has 0 aromatic heterocycles. The Bertz CT molecular complexity index is 289. The molecule has 1 heterocycles. The molecule has 1 fully saturated rings. The van der Waals surface area contributed by atoms with Crippen molar-refractivity contribution in [3.63, 3.8) is 0 Å². The number of hydrogen-bond acceptors (Lipinski definition) is 2. The summed E-state index contributed by atoms with van der Waals surface area (Å²) in [7, 11) is 0. The summed E-state index contributed by atoms with van der Waals surface area (Å²) in [4.78, 5) is 22.4. The average Bonchev–Trinajstić information content (AvgIpc) is 2.10. The van der Waals surface area contributed by atoms with Crippen molar-refractivity contribution in [3.8, 4) is 0 Å². The molecule has 4 nitrogen and oxygen atoms in total. The van der Waals surface area contributed by atoms with Crippen LogP contribution in [0.1, 0.15) is 13.8 Å². The van der Waals surface area contributed by atoms with Gasteiger partial charge in [-0.05, 0) is 13.8 Å². The minimum atomic E-state index is -5.18. The molecule has 0 radical (unpaired) electrons. The van der Waals surface area contributed by atoms with Gasteiger partial charge in [0.05, 0.1) is 0 Å². The van der Waals surface area contributed by atoms with Gasteiger partial charge in [0.2, 0.25) is 0 Å². The number of halogens is 3. The maximum absolute atomic E-state index is 12.0. The summed E-state index contributed by atoms with van der Waals surface area (Å²) < 4.78 is 36.0. The largest absolute Gasteiger partial charge is 0.497 e. The van der Waals surface area contributed by atoms with Crippen molar-refractivity contribution < 1.29 is 22.5 Å². The zero-order valence-corrected chi connectivity index (χ0v) is 7.68. The molecule has 1 rings (SSSR count). The van der Waals surface area contributed by atoms with Gasteiger partial charge in [0.1, 0.15) is 5.54 Å². The summed E-state index contributed by atoms with van der Waals surface area (Å²) >= 11 is 0. The zero-order valence-electron chi connectivity index (χ0n) is 7.68. The van der Waals surface area contributed by atoms with Crippen LogP contribution in [0.3, 0.4) is 0 Å². The number of imide groups is 1.